The molecule has 0 saturated carbocycles. The van der Waals surface area contributed by atoms with Gasteiger partial charge in [0, 0.05) is 0 Å². The van der Waals surface area contributed by atoms with Crippen LogP contribution in [0.15, 0.2) is 182 Å². The average Bonchev–Trinajstić information content (AvgIpc) is 3.16. The molecular formula is C42H36As3N. The van der Waals surface area contributed by atoms with Crippen LogP contribution in [-0.2, 0) is 16.6 Å². The molecule has 224 valence electrons. The predicted octanol–water partition coefficient (Wildman–Crippen LogP) is 8.88. The van der Waals surface area contributed by atoms with Gasteiger partial charge in [-0.05, 0) is 0 Å². The van der Waals surface area contributed by atoms with Crippen molar-refractivity contribution in [3.8, 4) is 0 Å². The molecular weight excluding hydrogens is 743 g/mol. The van der Waals surface area contributed by atoms with Crippen molar-refractivity contribution >= 4 is 50.6 Å². The van der Waals surface area contributed by atoms with Crippen molar-refractivity contribution in [3.63, 3.8) is 0 Å². The van der Waals surface area contributed by atoms with Gasteiger partial charge in [0.2, 0.25) is 0 Å². The van der Waals surface area contributed by atoms with Gasteiger partial charge in [-0.1, -0.05) is 0 Å². The van der Waals surface area contributed by atoms with E-state index in [4.69, 9.17) is 0 Å². The maximum absolute atomic E-state index is 2.99. The molecule has 0 aromatic heterocycles. The van der Waals surface area contributed by atoms with Crippen LogP contribution >= 0.6 is 0 Å². The van der Waals surface area contributed by atoms with Gasteiger partial charge >= 0.3 is 303 Å². The van der Waals surface area contributed by atoms with E-state index in [0.29, 0.717) is 0 Å². The topological polar surface area (TPSA) is 3.24 Å². The van der Waals surface area contributed by atoms with Crippen LogP contribution in [0.3, 0.4) is 0 Å². The zero-order chi connectivity index (χ0) is 31.9. The average molecular weight is 780 g/mol. The first-order chi connectivity index (χ1) is 22.7. The Morgan fingerprint density at radius 2 is 0.435 bits per heavy atom. The number of benzene rings is 6. The normalized spacial score (nSPS) is 12.3. The van der Waals surface area contributed by atoms with Gasteiger partial charge in [0.25, 0.3) is 0 Å². The molecule has 6 aromatic carbocycles. The molecule has 46 heavy (non-hydrogen) atoms. The van der Waals surface area contributed by atoms with Crippen LogP contribution in [0, 0.1) is 0 Å². The van der Waals surface area contributed by atoms with Crippen molar-refractivity contribution in [3.05, 3.63) is 215 Å². The second kappa shape index (κ2) is 14.8. The van der Waals surface area contributed by atoms with Gasteiger partial charge in [-0.2, -0.15) is 0 Å². The molecule has 0 spiro atoms. The van der Waals surface area contributed by atoms with Gasteiger partial charge in [0.05, 0.1) is 0 Å². The molecule has 0 unspecified atom stereocenters. The molecule has 0 fully saturated rings. The van der Waals surface area contributed by atoms with Crippen LogP contribution < -0.4 is 0 Å². The first kappa shape index (κ1) is 32.9. The Morgan fingerprint density at radius 3 is 0.565 bits per heavy atom. The van der Waals surface area contributed by atoms with E-state index in [1.807, 2.05) is 0 Å². The maximum atomic E-state index is 2.99. The fourth-order valence-corrected chi connectivity index (χ4v) is 10.5. The molecule has 0 saturated heterocycles. The first-order valence-corrected chi connectivity index (χ1v) is 19.6. The predicted molar refractivity (Wildman–Crippen MR) is 195 cm³/mol. The third kappa shape index (κ3) is 5.61. The second-order valence-corrected chi connectivity index (χ2v) is 13.6. The molecule has 0 aliphatic rings. The summed E-state index contributed by atoms with van der Waals surface area (Å²) in [4.78, 5) is 2.90. The van der Waals surface area contributed by atoms with Crippen LogP contribution in [0.5, 0.6) is 0 Å². The van der Waals surface area contributed by atoms with Gasteiger partial charge in [-0.3, -0.25) is 0 Å². The first-order valence-electron chi connectivity index (χ1n) is 15.6. The Morgan fingerprint density at radius 1 is 0.283 bits per heavy atom. The van der Waals surface area contributed by atoms with E-state index in [1.54, 1.807) is 0 Å². The zero-order valence-electron chi connectivity index (χ0n) is 25.7. The van der Waals surface area contributed by atoms with Gasteiger partial charge in [0.1, 0.15) is 0 Å². The Labute approximate surface area is 301 Å². The molecule has 6 radical (unpaired) electrons. The second-order valence-electron chi connectivity index (χ2n) is 11.6. The summed E-state index contributed by atoms with van der Waals surface area (Å²) in [7, 11) is 0. The third-order valence-electron chi connectivity index (χ3n) is 9.34. The summed E-state index contributed by atoms with van der Waals surface area (Å²) >= 11 is 8.96. The molecule has 0 aliphatic heterocycles. The van der Waals surface area contributed by atoms with Crippen LogP contribution in [-0.4, -0.2) is 55.5 Å². The number of hydrogen-bond donors (Lipinski definition) is 0. The summed E-state index contributed by atoms with van der Waals surface area (Å²) in [5.41, 5.74) is 5.81. The van der Waals surface area contributed by atoms with Crippen LogP contribution in [0.25, 0.3) is 0 Å². The van der Waals surface area contributed by atoms with E-state index >= 15 is 0 Å². The molecule has 0 atom stereocenters. The van der Waals surface area contributed by atoms with Crippen molar-refractivity contribution in [2.24, 2.45) is 0 Å². The molecule has 0 N–H and O–H groups in total. The van der Waals surface area contributed by atoms with Crippen LogP contribution in [0.1, 0.15) is 33.4 Å². The third-order valence-corrected chi connectivity index (χ3v) is 12.2. The van der Waals surface area contributed by atoms with Crippen molar-refractivity contribution in [2.75, 3.05) is 0 Å². The summed E-state index contributed by atoms with van der Waals surface area (Å²) in [6.45, 7) is 0. The summed E-state index contributed by atoms with van der Waals surface area (Å²) < 4.78 is 0. The fraction of sp³-hybridized carbons (Fsp3) is 0.143. The molecule has 6 rings (SSSR count). The molecule has 0 heterocycles. The van der Waals surface area contributed by atoms with Crippen molar-refractivity contribution in [1.29, 1.82) is 0 Å². The minimum absolute atomic E-state index is 0.584. The SMILES string of the molecule is [As]CC(c1ccccc1)(c1ccccc1)N(C(C[As])(c1ccccc1)c1ccccc1)C(C[As])(c1ccccc1)c1ccccc1. The Kier molecular flexibility index (Phi) is 10.6. The molecule has 0 bridgehead atoms. The molecule has 4 heteroatoms. The summed E-state index contributed by atoms with van der Waals surface area (Å²) in [6.07, 6.45) is 0. The molecule has 0 aliphatic carbocycles. The summed E-state index contributed by atoms with van der Waals surface area (Å²) in [5, 5.41) is 2.37. The van der Waals surface area contributed by atoms with E-state index in [2.05, 4.69) is 237 Å². The van der Waals surface area contributed by atoms with Crippen molar-refractivity contribution in [1.82, 2.24) is 4.90 Å². The van der Waals surface area contributed by atoms with Crippen LogP contribution in [0.4, 0.5) is 0 Å². The standard InChI is InChI=1S/C42H36As3N/c43-31-40(34-19-7-1-8-20-34,35-21-9-2-10-22-35)46(41(32-44,36-23-11-3-12-24-36)37-25-13-4-14-26-37)42(33-45,38-27-15-5-16-28-38)39-29-17-6-18-30-39/h1-30H,31-33H2. The molecule has 6 aromatic rings. The molecule has 0 amide bonds. The van der Waals surface area contributed by atoms with Gasteiger partial charge in [-0.25, -0.2) is 0 Å². The summed E-state index contributed by atoms with van der Waals surface area (Å²) in [5.74, 6) is 0. The monoisotopic (exact) mass is 779 g/mol. The van der Waals surface area contributed by atoms with Gasteiger partial charge in [-0.15, -0.1) is 0 Å². The Hall–Kier alpha value is -3.04. The van der Waals surface area contributed by atoms with E-state index < -0.39 is 16.6 Å². The number of hydrogen-bond acceptors (Lipinski definition) is 1. The number of nitrogens with zero attached hydrogens (tertiary/aromatic N) is 1. The van der Waals surface area contributed by atoms with E-state index in [-0.39, 0.29) is 0 Å². The van der Waals surface area contributed by atoms with Crippen molar-refractivity contribution in [2.45, 2.75) is 32.2 Å². The Balaban J connectivity index is 1.91. The number of rotatable bonds is 12. The van der Waals surface area contributed by atoms with E-state index in [0.717, 1.165) is 15.6 Å². The zero-order valence-corrected chi connectivity index (χ0v) is 31.4. The van der Waals surface area contributed by atoms with E-state index in [9.17, 15) is 0 Å². The fourth-order valence-electron chi connectivity index (χ4n) is 7.30. The van der Waals surface area contributed by atoms with E-state index in [1.165, 1.54) is 33.4 Å². The van der Waals surface area contributed by atoms with Crippen LogP contribution in [0.2, 0.25) is 15.6 Å². The quantitative estimate of drug-likeness (QED) is 0.112. The van der Waals surface area contributed by atoms with Gasteiger partial charge < -0.3 is 0 Å². The minimum atomic E-state index is -0.584. The molecule has 1 nitrogen and oxygen atoms in total. The summed E-state index contributed by atoms with van der Waals surface area (Å²) in [6, 6.07) is 67.0. The Bertz CT molecular complexity index is 1450. The van der Waals surface area contributed by atoms with Crippen molar-refractivity contribution < 1.29 is 0 Å². The van der Waals surface area contributed by atoms with Gasteiger partial charge in [0.15, 0.2) is 0 Å².